The molecule has 21 heavy (non-hydrogen) atoms. The molecule has 0 N–H and O–H groups in total. The van der Waals surface area contributed by atoms with Gasteiger partial charge in [0.1, 0.15) is 0 Å². The van der Waals surface area contributed by atoms with E-state index in [1.807, 2.05) is 13.8 Å². The zero-order chi connectivity index (χ0) is 16.1. The Morgan fingerprint density at radius 3 is 1.38 bits per heavy atom. The molecule has 0 spiro atoms. The molecule has 0 aliphatic rings. The van der Waals surface area contributed by atoms with E-state index in [9.17, 15) is 8.42 Å². The summed E-state index contributed by atoms with van der Waals surface area (Å²) in [5.41, 5.74) is 0. The smallest absolute Gasteiger partial charge is 0.245 e. The molecule has 0 bridgehead atoms. The van der Waals surface area contributed by atoms with Gasteiger partial charge >= 0.3 is 10.4 Å². The highest BCUT2D eigenvalue weighted by Gasteiger charge is 2.23. The van der Waals surface area contributed by atoms with Gasteiger partial charge in [-0.05, 0) is 25.7 Å². The quantitative estimate of drug-likeness (QED) is 0.423. The Hall–Kier alpha value is -0.130. The highest BCUT2D eigenvalue weighted by molar-refractivity contribution is 7.81. The van der Waals surface area contributed by atoms with Crippen molar-refractivity contribution in [1.29, 1.82) is 0 Å². The first-order valence-electron chi connectivity index (χ1n) is 8.60. The molecule has 2 unspecified atom stereocenters. The minimum Gasteiger partial charge on any atom is -0.245 e. The molecule has 0 aromatic carbocycles. The number of unbranched alkanes of at least 4 members (excludes halogenated alkanes) is 4. The largest absolute Gasteiger partial charge is 0.400 e. The Bertz CT molecular complexity index is 301. The predicted molar refractivity (Wildman–Crippen MR) is 87.5 cm³/mol. The Kier molecular flexibility index (Phi) is 12.3. The lowest BCUT2D eigenvalue weighted by Crippen LogP contribution is -2.24. The summed E-state index contributed by atoms with van der Waals surface area (Å²) in [4.78, 5) is 0. The molecule has 0 heterocycles. The molecule has 0 aromatic rings. The van der Waals surface area contributed by atoms with Crippen molar-refractivity contribution in [3.8, 4) is 0 Å². The van der Waals surface area contributed by atoms with Gasteiger partial charge in [0.2, 0.25) is 0 Å². The van der Waals surface area contributed by atoms with Crippen molar-refractivity contribution >= 4 is 10.4 Å². The molecule has 0 saturated heterocycles. The fraction of sp³-hybridized carbons (Fsp3) is 1.00. The van der Waals surface area contributed by atoms with Gasteiger partial charge in [-0.25, -0.2) is 8.37 Å². The van der Waals surface area contributed by atoms with Crippen molar-refractivity contribution in [2.45, 2.75) is 104 Å². The Labute approximate surface area is 131 Å². The lowest BCUT2D eigenvalue weighted by Gasteiger charge is -2.19. The Morgan fingerprint density at radius 1 is 0.714 bits per heavy atom. The van der Waals surface area contributed by atoms with Gasteiger partial charge in [-0.1, -0.05) is 66.2 Å². The van der Waals surface area contributed by atoms with Gasteiger partial charge in [0.05, 0.1) is 12.2 Å². The van der Waals surface area contributed by atoms with Crippen LogP contribution in [0.2, 0.25) is 0 Å². The summed E-state index contributed by atoms with van der Waals surface area (Å²) in [5.74, 6) is 0. The highest BCUT2D eigenvalue weighted by atomic mass is 32.3. The molecule has 0 fully saturated rings. The second-order valence-electron chi connectivity index (χ2n) is 5.65. The van der Waals surface area contributed by atoms with Crippen molar-refractivity contribution in [3.63, 3.8) is 0 Å². The van der Waals surface area contributed by atoms with Crippen LogP contribution in [0.4, 0.5) is 0 Å². The molecule has 0 saturated carbocycles. The van der Waals surface area contributed by atoms with E-state index in [-0.39, 0.29) is 12.2 Å². The maximum Gasteiger partial charge on any atom is 0.400 e. The number of hydrogen-bond acceptors (Lipinski definition) is 4. The van der Waals surface area contributed by atoms with Crippen LogP contribution in [0.1, 0.15) is 91.9 Å². The van der Waals surface area contributed by atoms with Crippen LogP contribution in [0.3, 0.4) is 0 Å². The average Bonchev–Trinajstić information content (AvgIpc) is 2.45. The zero-order valence-corrected chi connectivity index (χ0v) is 15.1. The van der Waals surface area contributed by atoms with Crippen molar-refractivity contribution in [2.24, 2.45) is 0 Å². The van der Waals surface area contributed by atoms with Crippen LogP contribution in [0.15, 0.2) is 0 Å². The second kappa shape index (κ2) is 12.4. The number of hydrogen-bond donors (Lipinski definition) is 0. The first-order valence-corrected chi connectivity index (χ1v) is 9.93. The van der Waals surface area contributed by atoms with Crippen molar-refractivity contribution in [3.05, 3.63) is 0 Å². The predicted octanol–water partition coefficient (Wildman–Crippen LogP) is 4.98. The maximum absolute atomic E-state index is 12.0. The van der Waals surface area contributed by atoms with E-state index >= 15 is 0 Å². The molecule has 0 rings (SSSR count). The van der Waals surface area contributed by atoms with Gasteiger partial charge in [-0.2, -0.15) is 8.42 Å². The molecule has 5 heteroatoms. The van der Waals surface area contributed by atoms with Crippen LogP contribution in [0, 0.1) is 0 Å². The van der Waals surface area contributed by atoms with Gasteiger partial charge in [0.15, 0.2) is 0 Å². The number of rotatable bonds is 14. The Balaban J connectivity index is 4.29. The molecular formula is C16H34O4S. The summed E-state index contributed by atoms with van der Waals surface area (Å²) < 4.78 is 34.4. The summed E-state index contributed by atoms with van der Waals surface area (Å²) in [6.07, 6.45) is 8.88. The molecular weight excluding hydrogens is 288 g/mol. The monoisotopic (exact) mass is 322 g/mol. The molecule has 2 atom stereocenters. The average molecular weight is 323 g/mol. The molecule has 128 valence electrons. The Morgan fingerprint density at radius 2 is 1.10 bits per heavy atom. The van der Waals surface area contributed by atoms with Gasteiger partial charge in [0, 0.05) is 0 Å². The van der Waals surface area contributed by atoms with Crippen LogP contribution in [0.5, 0.6) is 0 Å². The topological polar surface area (TPSA) is 52.6 Å². The first kappa shape index (κ1) is 20.9. The van der Waals surface area contributed by atoms with Gasteiger partial charge in [0.25, 0.3) is 0 Å². The van der Waals surface area contributed by atoms with E-state index in [4.69, 9.17) is 8.37 Å². The van der Waals surface area contributed by atoms with E-state index in [0.29, 0.717) is 12.8 Å². The third kappa shape index (κ3) is 11.1. The third-order valence-corrected chi connectivity index (χ3v) is 4.69. The third-order valence-electron chi connectivity index (χ3n) is 3.68. The van der Waals surface area contributed by atoms with Crippen molar-refractivity contribution in [2.75, 3.05) is 0 Å². The standard InChI is InChI=1S/C16H34O4S/c1-5-9-11-13-15(7-3)19-21(17,18)20-16(8-4)14-12-10-6-2/h15-16H,5-14H2,1-4H3. The lowest BCUT2D eigenvalue weighted by atomic mass is 10.1. The summed E-state index contributed by atoms with van der Waals surface area (Å²) in [6.45, 7) is 8.16. The van der Waals surface area contributed by atoms with Gasteiger partial charge in [-0.3, -0.25) is 0 Å². The van der Waals surface area contributed by atoms with Crippen LogP contribution in [-0.2, 0) is 18.8 Å². The summed E-state index contributed by atoms with van der Waals surface area (Å²) in [6, 6.07) is 0. The molecule has 0 radical (unpaired) electrons. The molecule has 0 amide bonds. The maximum atomic E-state index is 12.0. The van der Waals surface area contributed by atoms with Crippen molar-refractivity contribution < 1.29 is 16.8 Å². The van der Waals surface area contributed by atoms with Gasteiger partial charge < -0.3 is 0 Å². The van der Waals surface area contributed by atoms with E-state index < -0.39 is 10.4 Å². The van der Waals surface area contributed by atoms with Crippen LogP contribution >= 0.6 is 0 Å². The van der Waals surface area contributed by atoms with Crippen molar-refractivity contribution in [1.82, 2.24) is 0 Å². The molecule has 0 aliphatic carbocycles. The normalized spacial score (nSPS) is 15.0. The highest BCUT2D eigenvalue weighted by Crippen LogP contribution is 2.18. The summed E-state index contributed by atoms with van der Waals surface area (Å²) in [5, 5.41) is 0. The second-order valence-corrected chi connectivity index (χ2v) is 6.85. The fourth-order valence-corrected chi connectivity index (χ4v) is 3.42. The fourth-order valence-electron chi connectivity index (χ4n) is 2.24. The van der Waals surface area contributed by atoms with Crippen LogP contribution in [-0.4, -0.2) is 20.6 Å². The van der Waals surface area contributed by atoms with E-state index in [1.54, 1.807) is 0 Å². The lowest BCUT2D eigenvalue weighted by molar-refractivity contribution is 0.108. The van der Waals surface area contributed by atoms with Crippen LogP contribution < -0.4 is 0 Å². The van der Waals surface area contributed by atoms with Crippen LogP contribution in [0.25, 0.3) is 0 Å². The van der Waals surface area contributed by atoms with E-state index in [2.05, 4.69) is 13.8 Å². The van der Waals surface area contributed by atoms with Gasteiger partial charge in [-0.15, -0.1) is 0 Å². The molecule has 0 aromatic heterocycles. The summed E-state index contributed by atoms with van der Waals surface area (Å²) in [7, 11) is -3.88. The minimum absolute atomic E-state index is 0.255. The minimum atomic E-state index is -3.88. The van der Waals surface area contributed by atoms with E-state index in [0.717, 1.165) is 51.4 Å². The summed E-state index contributed by atoms with van der Waals surface area (Å²) >= 11 is 0. The first-order chi connectivity index (χ1) is 9.99. The molecule has 0 aliphatic heterocycles. The molecule has 4 nitrogen and oxygen atoms in total. The van der Waals surface area contributed by atoms with E-state index in [1.165, 1.54) is 0 Å². The SMILES string of the molecule is CCCCCC(CC)OS(=O)(=O)OC(CC)CCCCC. The zero-order valence-electron chi connectivity index (χ0n) is 14.3.